The number of nitrogens with zero attached hydrogens (tertiary/aromatic N) is 4. The van der Waals surface area contributed by atoms with Gasteiger partial charge in [0.1, 0.15) is 10.6 Å². The van der Waals surface area contributed by atoms with E-state index in [1.54, 1.807) is 7.05 Å². The Morgan fingerprint density at radius 2 is 2.05 bits per heavy atom. The lowest BCUT2D eigenvalue weighted by molar-refractivity contribution is 0.665. The molecule has 3 heterocycles. The molecule has 0 fully saturated rings. The minimum Gasteiger partial charge on any atom is -0.383 e. The summed E-state index contributed by atoms with van der Waals surface area (Å²) < 4.78 is 2.52. The lowest BCUT2D eigenvalue weighted by Crippen LogP contribution is -2.37. The first-order valence-corrected chi connectivity index (χ1v) is 8.23. The van der Waals surface area contributed by atoms with E-state index in [0.29, 0.717) is 22.4 Å². The Kier molecular flexibility index (Phi) is 3.75. The highest BCUT2D eigenvalue weighted by molar-refractivity contribution is 7.98. The molecular formula is C13H13N5O2S2. The van der Waals surface area contributed by atoms with Crippen molar-refractivity contribution in [3.05, 3.63) is 44.0 Å². The van der Waals surface area contributed by atoms with E-state index in [0.717, 1.165) is 14.8 Å². The number of anilines is 1. The van der Waals surface area contributed by atoms with Gasteiger partial charge in [-0.25, -0.2) is 14.8 Å². The Morgan fingerprint density at radius 3 is 2.82 bits per heavy atom. The quantitative estimate of drug-likeness (QED) is 0.566. The molecule has 0 saturated carbocycles. The van der Waals surface area contributed by atoms with Crippen LogP contribution < -0.4 is 17.0 Å². The Bertz CT molecular complexity index is 973. The van der Waals surface area contributed by atoms with Crippen molar-refractivity contribution in [1.82, 2.24) is 19.1 Å². The van der Waals surface area contributed by atoms with Crippen molar-refractivity contribution in [2.24, 2.45) is 14.1 Å². The second-order valence-electron chi connectivity index (χ2n) is 4.69. The van der Waals surface area contributed by atoms with Gasteiger partial charge in [-0.05, 0) is 11.4 Å². The number of nitrogen functional groups attached to an aromatic ring is 1. The van der Waals surface area contributed by atoms with Gasteiger partial charge in [-0.2, -0.15) is 0 Å². The molecular weight excluding hydrogens is 322 g/mol. The van der Waals surface area contributed by atoms with E-state index in [9.17, 15) is 9.59 Å². The second-order valence-corrected chi connectivity index (χ2v) is 6.53. The van der Waals surface area contributed by atoms with Crippen molar-refractivity contribution in [3.8, 4) is 0 Å². The third kappa shape index (κ3) is 2.53. The molecule has 0 aliphatic heterocycles. The van der Waals surface area contributed by atoms with E-state index in [1.807, 2.05) is 11.4 Å². The van der Waals surface area contributed by atoms with Crippen LogP contribution in [0.3, 0.4) is 0 Å². The molecule has 0 spiro atoms. The number of aromatic nitrogens is 4. The highest BCUT2D eigenvalue weighted by Gasteiger charge is 2.10. The molecule has 0 unspecified atom stereocenters. The Hall–Kier alpha value is -2.13. The molecule has 0 amide bonds. The van der Waals surface area contributed by atoms with E-state index < -0.39 is 0 Å². The predicted octanol–water partition coefficient (Wildman–Crippen LogP) is 0.963. The molecule has 22 heavy (non-hydrogen) atoms. The SMILES string of the molecule is Cn1c(CSc2nc(N)c3ccsc3n2)cc(=O)n(C)c1=O. The van der Waals surface area contributed by atoms with Gasteiger partial charge in [0.15, 0.2) is 5.16 Å². The molecule has 0 saturated heterocycles. The molecule has 0 aliphatic rings. The van der Waals surface area contributed by atoms with Gasteiger partial charge in [0.05, 0.1) is 5.39 Å². The van der Waals surface area contributed by atoms with Crippen molar-refractivity contribution in [2.45, 2.75) is 10.9 Å². The van der Waals surface area contributed by atoms with Crippen LogP contribution in [-0.4, -0.2) is 19.1 Å². The van der Waals surface area contributed by atoms with Crippen LogP contribution in [-0.2, 0) is 19.8 Å². The number of thiophene rings is 1. The Balaban J connectivity index is 1.91. The highest BCUT2D eigenvalue weighted by Crippen LogP contribution is 2.27. The zero-order chi connectivity index (χ0) is 15.9. The first-order valence-electron chi connectivity index (χ1n) is 6.37. The molecule has 2 N–H and O–H groups in total. The summed E-state index contributed by atoms with van der Waals surface area (Å²) in [4.78, 5) is 33.1. The topological polar surface area (TPSA) is 95.8 Å². The van der Waals surface area contributed by atoms with Crippen molar-refractivity contribution in [1.29, 1.82) is 0 Å². The van der Waals surface area contributed by atoms with E-state index in [2.05, 4.69) is 9.97 Å². The summed E-state index contributed by atoms with van der Waals surface area (Å²) in [5.74, 6) is 0.852. The van der Waals surface area contributed by atoms with Crippen LogP contribution in [0.25, 0.3) is 10.2 Å². The number of hydrogen-bond donors (Lipinski definition) is 1. The van der Waals surface area contributed by atoms with Gasteiger partial charge in [0.2, 0.25) is 0 Å². The first kappa shape index (κ1) is 14.8. The standard InChI is InChI=1S/C13H13N5O2S2/c1-17-7(5-9(19)18(2)13(17)20)6-22-12-15-10(14)8-3-4-21-11(8)16-12/h3-5H,6H2,1-2H3,(H2,14,15,16). The van der Waals surface area contributed by atoms with Crippen molar-refractivity contribution < 1.29 is 0 Å². The van der Waals surface area contributed by atoms with Gasteiger partial charge in [0.25, 0.3) is 5.56 Å². The van der Waals surface area contributed by atoms with Gasteiger partial charge in [-0.1, -0.05) is 11.8 Å². The maximum Gasteiger partial charge on any atom is 0.330 e. The molecule has 9 heteroatoms. The third-order valence-electron chi connectivity index (χ3n) is 3.31. The fourth-order valence-electron chi connectivity index (χ4n) is 1.98. The van der Waals surface area contributed by atoms with Gasteiger partial charge in [-0.15, -0.1) is 11.3 Å². The monoisotopic (exact) mass is 335 g/mol. The van der Waals surface area contributed by atoms with E-state index >= 15 is 0 Å². The fraction of sp³-hybridized carbons (Fsp3) is 0.231. The van der Waals surface area contributed by atoms with Crippen LogP contribution in [0.4, 0.5) is 5.82 Å². The molecule has 7 nitrogen and oxygen atoms in total. The summed E-state index contributed by atoms with van der Waals surface area (Å²) in [5.41, 5.74) is 5.84. The number of rotatable bonds is 3. The summed E-state index contributed by atoms with van der Waals surface area (Å²) in [6.45, 7) is 0. The van der Waals surface area contributed by atoms with Crippen LogP contribution in [0, 0.1) is 0 Å². The molecule has 3 aromatic rings. The molecule has 0 bridgehead atoms. The molecule has 3 rings (SSSR count). The minimum absolute atomic E-state index is 0.326. The minimum atomic E-state index is -0.350. The van der Waals surface area contributed by atoms with Crippen LogP contribution in [0.2, 0.25) is 0 Å². The first-order chi connectivity index (χ1) is 10.5. The lowest BCUT2D eigenvalue weighted by atomic mass is 10.4. The van der Waals surface area contributed by atoms with E-state index in [1.165, 1.54) is 40.8 Å². The maximum absolute atomic E-state index is 11.9. The zero-order valence-electron chi connectivity index (χ0n) is 11.9. The smallest absolute Gasteiger partial charge is 0.330 e. The predicted molar refractivity (Wildman–Crippen MR) is 88.3 cm³/mol. The van der Waals surface area contributed by atoms with Gasteiger partial charge in [-0.3, -0.25) is 13.9 Å². The van der Waals surface area contributed by atoms with Gasteiger partial charge in [0, 0.05) is 31.6 Å². The molecule has 0 aliphatic carbocycles. The van der Waals surface area contributed by atoms with Crippen molar-refractivity contribution >= 4 is 39.1 Å². The number of fused-ring (bicyclic) bond motifs is 1. The van der Waals surface area contributed by atoms with Crippen LogP contribution in [0.15, 0.2) is 32.3 Å². The third-order valence-corrected chi connectivity index (χ3v) is 5.00. The zero-order valence-corrected chi connectivity index (χ0v) is 13.6. The average molecular weight is 335 g/mol. The number of thioether (sulfide) groups is 1. The largest absolute Gasteiger partial charge is 0.383 e. The van der Waals surface area contributed by atoms with Crippen molar-refractivity contribution in [3.63, 3.8) is 0 Å². The van der Waals surface area contributed by atoms with Gasteiger partial charge < -0.3 is 5.73 Å². The molecule has 0 aromatic carbocycles. The van der Waals surface area contributed by atoms with Gasteiger partial charge >= 0.3 is 5.69 Å². The molecule has 0 radical (unpaired) electrons. The molecule has 3 aromatic heterocycles. The van der Waals surface area contributed by atoms with E-state index in [-0.39, 0.29) is 11.2 Å². The molecule has 0 atom stereocenters. The highest BCUT2D eigenvalue weighted by atomic mass is 32.2. The Labute approximate surface area is 133 Å². The molecule has 114 valence electrons. The van der Waals surface area contributed by atoms with Crippen LogP contribution in [0.1, 0.15) is 5.69 Å². The normalized spacial score (nSPS) is 11.2. The van der Waals surface area contributed by atoms with E-state index in [4.69, 9.17) is 5.73 Å². The van der Waals surface area contributed by atoms with Crippen LogP contribution >= 0.6 is 23.1 Å². The summed E-state index contributed by atoms with van der Waals surface area (Å²) >= 11 is 2.83. The average Bonchev–Trinajstić information content (AvgIpc) is 2.96. The summed E-state index contributed by atoms with van der Waals surface area (Å²) in [6, 6.07) is 3.33. The summed E-state index contributed by atoms with van der Waals surface area (Å²) in [7, 11) is 3.09. The lowest BCUT2D eigenvalue weighted by Gasteiger charge is -2.08. The van der Waals surface area contributed by atoms with Crippen LogP contribution in [0.5, 0.6) is 0 Å². The number of nitrogens with two attached hydrogens (primary N) is 1. The summed E-state index contributed by atoms with van der Waals surface area (Å²) in [5, 5.41) is 3.28. The maximum atomic E-state index is 11.9. The fourth-order valence-corrected chi connectivity index (χ4v) is 3.68. The summed E-state index contributed by atoms with van der Waals surface area (Å²) in [6.07, 6.45) is 0. The number of hydrogen-bond acceptors (Lipinski definition) is 7. The second kappa shape index (κ2) is 5.58. The van der Waals surface area contributed by atoms with Crippen molar-refractivity contribution in [2.75, 3.05) is 5.73 Å². The Morgan fingerprint density at radius 1 is 1.27 bits per heavy atom.